The summed E-state index contributed by atoms with van der Waals surface area (Å²) in [6, 6.07) is 8.74. The third-order valence-electron chi connectivity index (χ3n) is 5.10. The van der Waals surface area contributed by atoms with E-state index in [1.54, 1.807) is 0 Å². The molecule has 1 aromatic rings. The summed E-state index contributed by atoms with van der Waals surface area (Å²) in [5, 5.41) is 4.08. The van der Waals surface area contributed by atoms with Gasteiger partial charge in [0.15, 0.2) is 0 Å². The number of fused-ring (bicyclic) bond motifs is 1. The number of benzene rings is 1. The Morgan fingerprint density at radius 3 is 2.95 bits per heavy atom. The van der Waals surface area contributed by atoms with Gasteiger partial charge >= 0.3 is 0 Å². The van der Waals surface area contributed by atoms with E-state index in [1.165, 1.54) is 19.4 Å². The van der Waals surface area contributed by atoms with Crippen molar-refractivity contribution in [3.05, 3.63) is 34.9 Å². The summed E-state index contributed by atoms with van der Waals surface area (Å²) in [7, 11) is 0. The monoisotopic (exact) mass is 305 g/mol. The maximum Gasteiger partial charge on any atom is 0.238 e. The van der Waals surface area contributed by atoms with Crippen LogP contribution in [0.5, 0.6) is 0 Å². The lowest BCUT2D eigenvalue weighted by Gasteiger charge is -2.34. The van der Waals surface area contributed by atoms with Crippen LogP contribution in [0.4, 0.5) is 0 Å². The second-order valence-corrected chi connectivity index (χ2v) is 6.68. The highest BCUT2D eigenvalue weighted by Gasteiger charge is 2.46. The van der Waals surface area contributed by atoms with E-state index in [1.807, 2.05) is 18.2 Å². The molecule has 21 heavy (non-hydrogen) atoms. The average molecular weight is 306 g/mol. The second kappa shape index (κ2) is 5.27. The van der Waals surface area contributed by atoms with Crippen LogP contribution in [-0.2, 0) is 4.79 Å². The highest BCUT2D eigenvalue weighted by molar-refractivity contribution is 6.30. The molecule has 0 saturated carbocycles. The molecule has 3 saturated heterocycles. The average Bonchev–Trinajstić information content (AvgIpc) is 3.14. The molecule has 1 N–H and O–H groups in total. The fraction of sp³-hybridized carbons (Fsp3) is 0.562. The first-order chi connectivity index (χ1) is 10.2. The molecule has 1 amide bonds. The van der Waals surface area contributed by atoms with Gasteiger partial charge in [-0.1, -0.05) is 23.7 Å². The lowest BCUT2D eigenvalue weighted by Crippen LogP contribution is -2.45. The van der Waals surface area contributed by atoms with Crippen molar-refractivity contribution in [2.75, 3.05) is 19.6 Å². The molecule has 0 aromatic heterocycles. The Hall–Kier alpha value is -1.10. The Morgan fingerprint density at radius 1 is 1.19 bits per heavy atom. The fourth-order valence-corrected chi connectivity index (χ4v) is 4.43. The third kappa shape index (κ3) is 2.26. The van der Waals surface area contributed by atoms with E-state index in [9.17, 15) is 4.79 Å². The topological polar surface area (TPSA) is 35.6 Å². The Labute approximate surface area is 130 Å². The van der Waals surface area contributed by atoms with Crippen molar-refractivity contribution >= 4 is 17.5 Å². The molecule has 3 aliphatic heterocycles. The number of hydrogen-bond acceptors (Lipinski definition) is 3. The first-order valence-electron chi connectivity index (χ1n) is 7.78. The summed E-state index contributed by atoms with van der Waals surface area (Å²) in [5.41, 5.74) is 1.09. The normalized spacial score (nSPS) is 32.9. The van der Waals surface area contributed by atoms with Crippen LogP contribution in [-0.4, -0.2) is 47.4 Å². The first kappa shape index (κ1) is 13.6. The van der Waals surface area contributed by atoms with Gasteiger partial charge in [-0.15, -0.1) is 0 Å². The minimum Gasteiger partial charge on any atom is -0.317 e. The van der Waals surface area contributed by atoms with Crippen LogP contribution in [0, 0.1) is 0 Å². The van der Waals surface area contributed by atoms with Gasteiger partial charge in [-0.3, -0.25) is 15.0 Å². The van der Waals surface area contributed by atoms with Gasteiger partial charge in [0.25, 0.3) is 0 Å². The van der Waals surface area contributed by atoms with Crippen molar-refractivity contribution in [3.63, 3.8) is 0 Å². The van der Waals surface area contributed by atoms with Crippen LogP contribution in [0.25, 0.3) is 0 Å². The Balaban J connectivity index is 1.64. The van der Waals surface area contributed by atoms with E-state index in [-0.39, 0.29) is 12.1 Å². The molecule has 0 aliphatic carbocycles. The van der Waals surface area contributed by atoms with Gasteiger partial charge in [0, 0.05) is 17.6 Å². The first-order valence-corrected chi connectivity index (χ1v) is 8.16. The molecule has 0 bridgehead atoms. The van der Waals surface area contributed by atoms with Crippen LogP contribution < -0.4 is 5.32 Å². The number of hydrogen-bond donors (Lipinski definition) is 1. The van der Waals surface area contributed by atoms with Crippen molar-refractivity contribution in [1.82, 2.24) is 15.1 Å². The van der Waals surface area contributed by atoms with E-state index in [2.05, 4.69) is 21.2 Å². The van der Waals surface area contributed by atoms with Gasteiger partial charge in [-0.25, -0.2) is 0 Å². The number of nitrogens with zero attached hydrogens (tertiary/aromatic N) is 2. The fourth-order valence-electron chi connectivity index (χ4n) is 4.23. The van der Waals surface area contributed by atoms with Crippen LogP contribution in [0.15, 0.2) is 24.3 Å². The van der Waals surface area contributed by atoms with Crippen molar-refractivity contribution in [2.24, 2.45) is 0 Å². The molecule has 5 heteroatoms. The van der Waals surface area contributed by atoms with Gasteiger partial charge in [-0.05, 0) is 43.5 Å². The molecule has 3 fully saturated rings. The van der Waals surface area contributed by atoms with Crippen molar-refractivity contribution < 1.29 is 4.79 Å². The quantitative estimate of drug-likeness (QED) is 0.908. The SMILES string of the molecule is O=C1CNC(c2cccc(Cl)c2)N1C1CCN2CCCC12. The summed E-state index contributed by atoms with van der Waals surface area (Å²) in [6.45, 7) is 2.75. The number of carbonyl (C=O) groups excluding carboxylic acids is 1. The third-order valence-corrected chi connectivity index (χ3v) is 5.34. The maximum absolute atomic E-state index is 12.4. The minimum absolute atomic E-state index is 0.0262. The molecule has 4 nitrogen and oxygen atoms in total. The molecule has 0 radical (unpaired) electrons. The van der Waals surface area contributed by atoms with Crippen LogP contribution in [0.1, 0.15) is 31.0 Å². The predicted octanol–water partition coefficient (Wildman–Crippen LogP) is 2.01. The molecule has 3 aliphatic rings. The van der Waals surface area contributed by atoms with Gasteiger partial charge in [0.05, 0.1) is 12.6 Å². The maximum atomic E-state index is 12.4. The van der Waals surface area contributed by atoms with Crippen molar-refractivity contribution in [3.8, 4) is 0 Å². The zero-order valence-corrected chi connectivity index (χ0v) is 12.7. The van der Waals surface area contributed by atoms with Crippen LogP contribution in [0.2, 0.25) is 5.02 Å². The number of carbonyl (C=O) groups is 1. The largest absolute Gasteiger partial charge is 0.317 e. The Bertz CT molecular complexity index is 564. The Morgan fingerprint density at radius 2 is 2.10 bits per heavy atom. The Kier molecular flexibility index (Phi) is 3.40. The molecule has 3 atom stereocenters. The zero-order chi connectivity index (χ0) is 14.4. The van der Waals surface area contributed by atoms with Crippen molar-refractivity contribution in [2.45, 2.75) is 37.5 Å². The van der Waals surface area contributed by atoms with Crippen molar-refractivity contribution in [1.29, 1.82) is 0 Å². The van der Waals surface area contributed by atoms with E-state index in [0.29, 0.717) is 18.6 Å². The van der Waals surface area contributed by atoms with Gasteiger partial charge < -0.3 is 4.90 Å². The molecule has 0 spiro atoms. The zero-order valence-electron chi connectivity index (χ0n) is 12.0. The summed E-state index contributed by atoms with van der Waals surface area (Å²) in [6.07, 6.45) is 3.55. The van der Waals surface area contributed by atoms with Gasteiger partial charge in [0.1, 0.15) is 6.17 Å². The van der Waals surface area contributed by atoms with E-state index < -0.39 is 0 Å². The molecule has 3 heterocycles. The molecule has 4 rings (SSSR count). The summed E-state index contributed by atoms with van der Waals surface area (Å²) < 4.78 is 0. The van der Waals surface area contributed by atoms with E-state index in [4.69, 9.17) is 11.6 Å². The number of rotatable bonds is 2. The predicted molar refractivity (Wildman–Crippen MR) is 82.0 cm³/mol. The summed E-state index contributed by atoms with van der Waals surface area (Å²) in [5.74, 6) is 0.221. The molecular formula is C16H20ClN3O. The lowest BCUT2D eigenvalue weighted by atomic mass is 10.0. The second-order valence-electron chi connectivity index (χ2n) is 6.24. The summed E-state index contributed by atoms with van der Waals surface area (Å²) >= 11 is 6.12. The number of nitrogens with one attached hydrogen (secondary N) is 1. The standard InChI is InChI=1S/C16H20ClN3O/c17-12-4-1-3-11(9-12)16-18-10-15(21)20(16)14-6-8-19-7-2-5-13(14)19/h1,3-4,9,13-14,16,18H,2,5-8,10H2. The molecule has 112 valence electrons. The minimum atomic E-state index is -0.0262. The van der Waals surface area contributed by atoms with Crippen LogP contribution in [0.3, 0.4) is 0 Å². The molecule has 1 aromatic carbocycles. The van der Waals surface area contributed by atoms with E-state index >= 15 is 0 Å². The summed E-state index contributed by atoms with van der Waals surface area (Å²) in [4.78, 5) is 17.1. The molecular weight excluding hydrogens is 286 g/mol. The highest BCUT2D eigenvalue weighted by Crippen LogP contribution is 2.36. The van der Waals surface area contributed by atoms with Gasteiger partial charge in [0.2, 0.25) is 5.91 Å². The van der Waals surface area contributed by atoms with Gasteiger partial charge in [-0.2, -0.15) is 0 Å². The molecule has 3 unspecified atom stereocenters. The lowest BCUT2D eigenvalue weighted by molar-refractivity contribution is -0.130. The smallest absolute Gasteiger partial charge is 0.238 e. The van der Waals surface area contributed by atoms with E-state index in [0.717, 1.165) is 23.6 Å². The number of amides is 1. The van der Waals surface area contributed by atoms with Crippen LogP contribution >= 0.6 is 11.6 Å². The number of halogens is 1. The highest BCUT2D eigenvalue weighted by atomic mass is 35.5.